The fourth-order valence-corrected chi connectivity index (χ4v) is 2.96. The van der Waals surface area contributed by atoms with Crippen LogP contribution >= 0.6 is 12.2 Å². The van der Waals surface area contributed by atoms with Gasteiger partial charge in [0.2, 0.25) is 4.77 Å². The Balaban J connectivity index is 1.61. The lowest BCUT2D eigenvalue weighted by Gasteiger charge is -2.06. The number of aromatic nitrogens is 3. The fraction of sp³-hybridized carbons (Fsp3) is 0.0455. The summed E-state index contributed by atoms with van der Waals surface area (Å²) in [6.45, 7) is 2.04. The smallest absolute Gasteiger partial charge is 0.216 e. The summed E-state index contributed by atoms with van der Waals surface area (Å²) < 4.78 is 7.93. The Labute approximate surface area is 167 Å². The number of hydrogen-bond acceptors (Lipinski definition) is 4. The largest absolute Gasteiger partial charge is 0.457 e. The summed E-state index contributed by atoms with van der Waals surface area (Å²) in [5, 5.41) is 11.7. The lowest BCUT2D eigenvalue weighted by molar-refractivity contribution is 0.482. The number of H-pyrrole nitrogens is 1. The molecule has 0 spiro atoms. The number of nitrogens with one attached hydrogen (secondary N) is 1. The van der Waals surface area contributed by atoms with E-state index in [1.165, 1.54) is 0 Å². The molecule has 0 unspecified atom stereocenters. The monoisotopic (exact) mass is 386 g/mol. The zero-order chi connectivity index (χ0) is 19.3. The van der Waals surface area contributed by atoms with E-state index in [1.54, 1.807) is 10.9 Å². The molecule has 5 nitrogen and oxygen atoms in total. The molecule has 28 heavy (non-hydrogen) atoms. The molecule has 0 bridgehead atoms. The van der Waals surface area contributed by atoms with Crippen LogP contribution in [-0.4, -0.2) is 21.1 Å². The molecule has 1 heterocycles. The Kier molecular flexibility index (Phi) is 5.12. The van der Waals surface area contributed by atoms with Gasteiger partial charge in [0.1, 0.15) is 11.5 Å². The number of para-hydroxylation sites is 1. The molecule has 0 radical (unpaired) electrons. The highest BCUT2D eigenvalue weighted by Crippen LogP contribution is 2.22. The maximum Gasteiger partial charge on any atom is 0.216 e. The first-order valence-electron chi connectivity index (χ1n) is 8.81. The van der Waals surface area contributed by atoms with Gasteiger partial charge in [-0.25, -0.2) is 5.10 Å². The normalized spacial score (nSPS) is 11.0. The number of rotatable bonds is 5. The van der Waals surface area contributed by atoms with Crippen molar-refractivity contribution in [2.75, 3.05) is 0 Å². The minimum Gasteiger partial charge on any atom is -0.457 e. The van der Waals surface area contributed by atoms with Crippen molar-refractivity contribution in [1.29, 1.82) is 0 Å². The molecule has 1 aromatic heterocycles. The quantitative estimate of drug-likeness (QED) is 0.359. The van der Waals surface area contributed by atoms with E-state index in [0.29, 0.717) is 10.6 Å². The second kappa shape index (κ2) is 8.02. The lowest BCUT2D eigenvalue weighted by Crippen LogP contribution is -1.95. The van der Waals surface area contributed by atoms with Gasteiger partial charge >= 0.3 is 0 Å². The maximum atomic E-state index is 5.88. The minimum absolute atomic E-state index is 0.435. The zero-order valence-corrected chi connectivity index (χ0v) is 16.1. The molecule has 3 aromatic carbocycles. The van der Waals surface area contributed by atoms with Crippen molar-refractivity contribution in [2.45, 2.75) is 6.92 Å². The SMILES string of the molecule is Cc1cccc(-c2n[nH]c(=S)n2/N=C\c2cccc(Oc3ccccc3)c2)c1. The number of hydrogen-bond donors (Lipinski definition) is 1. The molecule has 6 heteroatoms. The van der Waals surface area contributed by atoms with Crippen LogP contribution in [0.1, 0.15) is 11.1 Å². The molecule has 0 saturated heterocycles. The van der Waals surface area contributed by atoms with Crippen LogP contribution in [0.4, 0.5) is 0 Å². The first-order valence-corrected chi connectivity index (χ1v) is 9.22. The summed E-state index contributed by atoms with van der Waals surface area (Å²) in [6.07, 6.45) is 1.74. The average Bonchev–Trinajstić information content (AvgIpc) is 3.08. The third kappa shape index (κ3) is 4.07. The van der Waals surface area contributed by atoms with Gasteiger partial charge < -0.3 is 4.74 Å². The number of benzene rings is 3. The first-order chi connectivity index (χ1) is 13.7. The highest BCUT2D eigenvalue weighted by Gasteiger charge is 2.08. The average molecular weight is 386 g/mol. The van der Waals surface area contributed by atoms with Gasteiger partial charge in [-0.1, -0.05) is 54.1 Å². The molecule has 4 aromatic rings. The first kappa shape index (κ1) is 17.9. The number of ether oxygens (including phenoxy) is 1. The van der Waals surface area contributed by atoms with Crippen LogP contribution in [-0.2, 0) is 0 Å². The Hall–Kier alpha value is -3.51. The third-order valence-corrected chi connectivity index (χ3v) is 4.35. The predicted molar refractivity (Wildman–Crippen MR) is 114 cm³/mol. The molecule has 0 aliphatic rings. The number of aromatic amines is 1. The molecule has 0 saturated carbocycles. The van der Waals surface area contributed by atoms with Crippen molar-refractivity contribution >= 4 is 18.4 Å². The van der Waals surface area contributed by atoms with Crippen LogP contribution in [0.3, 0.4) is 0 Å². The van der Waals surface area contributed by atoms with E-state index in [2.05, 4.69) is 15.3 Å². The summed E-state index contributed by atoms with van der Waals surface area (Å²) in [7, 11) is 0. The number of nitrogens with zero attached hydrogens (tertiary/aromatic N) is 3. The molecular formula is C22H18N4OS. The van der Waals surface area contributed by atoms with Crippen molar-refractivity contribution in [1.82, 2.24) is 14.9 Å². The summed E-state index contributed by atoms with van der Waals surface area (Å²) >= 11 is 5.34. The van der Waals surface area contributed by atoms with Crippen LogP contribution in [0.5, 0.6) is 11.5 Å². The molecule has 0 amide bonds. The zero-order valence-electron chi connectivity index (χ0n) is 15.2. The van der Waals surface area contributed by atoms with Gasteiger partial charge in [0.25, 0.3) is 0 Å². The Morgan fingerprint density at radius 1 is 0.964 bits per heavy atom. The van der Waals surface area contributed by atoms with E-state index in [-0.39, 0.29) is 0 Å². The Morgan fingerprint density at radius 2 is 1.75 bits per heavy atom. The van der Waals surface area contributed by atoms with Crippen molar-refractivity contribution in [3.05, 3.63) is 94.8 Å². The van der Waals surface area contributed by atoms with Gasteiger partial charge in [-0.3, -0.25) is 0 Å². The van der Waals surface area contributed by atoms with Gasteiger partial charge in [0.05, 0.1) is 6.21 Å². The van der Waals surface area contributed by atoms with E-state index in [4.69, 9.17) is 17.0 Å². The highest BCUT2D eigenvalue weighted by molar-refractivity contribution is 7.71. The second-order valence-electron chi connectivity index (χ2n) is 6.27. The van der Waals surface area contributed by atoms with Gasteiger partial charge in [-0.15, -0.1) is 0 Å². The molecule has 0 atom stereocenters. The molecule has 4 rings (SSSR count). The van der Waals surface area contributed by atoms with Gasteiger partial charge in [-0.05, 0) is 55.0 Å². The van der Waals surface area contributed by atoms with Crippen LogP contribution < -0.4 is 4.74 Å². The van der Waals surface area contributed by atoms with Crippen LogP contribution in [0.15, 0.2) is 84.0 Å². The molecular weight excluding hydrogens is 368 g/mol. The van der Waals surface area contributed by atoms with Crippen molar-refractivity contribution in [3.63, 3.8) is 0 Å². The van der Waals surface area contributed by atoms with E-state index in [0.717, 1.165) is 28.2 Å². The van der Waals surface area contributed by atoms with Gasteiger partial charge in [-0.2, -0.15) is 14.9 Å². The second-order valence-corrected chi connectivity index (χ2v) is 6.65. The number of aryl methyl sites for hydroxylation is 1. The van der Waals surface area contributed by atoms with Crippen molar-refractivity contribution in [2.24, 2.45) is 5.10 Å². The third-order valence-electron chi connectivity index (χ3n) is 4.09. The minimum atomic E-state index is 0.435. The predicted octanol–water partition coefficient (Wildman–Crippen LogP) is 5.59. The summed E-state index contributed by atoms with van der Waals surface area (Å²) in [5.74, 6) is 2.20. The molecule has 138 valence electrons. The van der Waals surface area contributed by atoms with Gasteiger partial charge in [0.15, 0.2) is 5.82 Å². The molecule has 1 N–H and O–H groups in total. The lowest BCUT2D eigenvalue weighted by atomic mass is 10.1. The van der Waals surface area contributed by atoms with E-state index >= 15 is 0 Å². The molecule has 0 aliphatic carbocycles. The summed E-state index contributed by atoms with van der Waals surface area (Å²) in [5.41, 5.74) is 2.99. The molecule has 0 aliphatic heterocycles. The van der Waals surface area contributed by atoms with Crippen molar-refractivity contribution in [3.8, 4) is 22.9 Å². The topological polar surface area (TPSA) is 55.2 Å². The van der Waals surface area contributed by atoms with E-state index in [9.17, 15) is 0 Å². The standard InChI is InChI=1S/C22H18N4OS/c1-16-7-5-9-18(13-16)21-24-25-22(28)26(21)23-15-17-8-6-12-20(14-17)27-19-10-3-2-4-11-19/h2-15H,1H3,(H,25,28)/b23-15-. The van der Waals surface area contributed by atoms with Crippen molar-refractivity contribution < 1.29 is 4.74 Å². The Morgan fingerprint density at radius 3 is 2.57 bits per heavy atom. The van der Waals surface area contributed by atoms with Crippen LogP contribution in [0.25, 0.3) is 11.4 Å². The highest BCUT2D eigenvalue weighted by atomic mass is 32.1. The fourth-order valence-electron chi connectivity index (χ4n) is 2.78. The van der Waals surface area contributed by atoms with E-state index in [1.807, 2.05) is 85.8 Å². The Bertz CT molecular complexity index is 1180. The summed E-state index contributed by atoms with van der Waals surface area (Å²) in [6, 6.07) is 25.4. The maximum absolute atomic E-state index is 5.88. The molecule has 0 fully saturated rings. The van der Waals surface area contributed by atoms with Crippen LogP contribution in [0.2, 0.25) is 0 Å². The van der Waals surface area contributed by atoms with E-state index < -0.39 is 0 Å². The van der Waals surface area contributed by atoms with Crippen LogP contribution in [0, 0.1) is 11.7 Å². The van der Waals surface area contributed by atoms with Gasteiger partial charge in [0, 0.05) is 5.56 Å². The summed E-state index contributed by atoms with van der Waals surface area (Å²) in [4.78, 5) is 0.